The van der Waals surface area contributed by atoms with Gasteiger partial charge in [0.05, 0.1) is 40.3 Å². The molecule has 13 heteroatoms. The van der Waals surface area contributed by atoms with Crippen molar-refractivity contribution in [2.45, 2.75) is 19.9 Å². The van der Waals surface area contributed by atoms with Crippen LogP contribution in [0.4, 0.5) is 27.9 Å². The molecule has 0 saturated carbocycles. The molecule has 0 bridgehead atoms. The molecule has 34 heavy (non-hydrogen) atoms. The fourth-order valence-electron chi connectivity index (χ4n) is 3.92. The molecule has 1 saturated heterocycles. The molecule has 4 N–H and O–H groups in total. The highest BCUT2D eigenvalue weighted by molar-refractivity contribution is 6.36. The maximum atomic E-state index is 11.1. The Bertz CT molecular complexity index is 1340. The number of hydrogen-bond acceptors (Lipinski definition) is 9. The van der Waals surface area contributed by atoms with Gasteiger partial charge < -0.3 is 26.0 Å². The predicted octanol–water partition coefficient (Wildman–Crippen LogP) is 2.79. The molecule has 1 aromatic carbocycles. The molecule has 4 rings (SSSR count). The fourth-order valence-corrected chi connectivity index (χ4v) is 4.20. The van der Waals surface area contributed by atoms with Crippen LogP contribution in [0.5, 0.6) is 0 Å². The first-order valence-electron chi connectivity index (χ1n) is 10.5. The third-order valence-corrected chi connectivity index (χ3v) is 5.91. The van der Waals surface area contributed by atoms with E-state index in [9.17, 15) is 15.3 Å². The molecular weight excluding hydrogens is 460 g/mol. The van der Waals surface area contributed by atoms with E-state index in [1.165, 1.54) is 10.7 Å². The Kier molecular flexibility index (Phi) is 6.25. The number of imidazole rings is 1. The first kappa shape index (κ1) is 22.9. The molecule has 0 radical (unpaired) electrons. The standard InChI is InChI=1S/C21H21ClN10O2/c1-3-25-18-19-26-8-13(7-24)32(19)30-20(29-18)27-14-4-12(6-23)5-16(17(14)22)31-9-11(2)15(10-31)28-21(33)34/h4-5,8,11,15,28H,3,9-10H2,1-2H3,(H,33,34)(H2,25,27,29,30)/t11-,15+/m1/s1. The number of nitrogens with one attached hydrogen (secondary N) is 3. The van der Waals surface area contributed by atoms with Crippen LogP contribution in [0.2, 0.25) is 5.02 Å². The Hall–Kier alpha value is -4.29. The van der Waals surface area contributed by atoms with E-state index in [2.05, 4.69) is 37.1 Å². The largest absolute Gasteiger partial charge is 0.465 e. The minimum absolute atomic E-state index is 0.0494. The van der Waals surface area contributed by atoms with Crippen LogP contribution in [0.3, 0.4) is 0 Å². The van der Waals surface area contributed by atoms with Crippen LogP contribution in [0.15, 0.2) is 18.3 Å². The number of benzene rings is 1. The molecule has 2 atom stereocenters. The monoisotopic (exact) mass is 480 g/mol. The van der Waals surface area contributed by atoms with Crippen LogP contribution in [-0.4, -0.2) is 56.5 Å². The summed E-state index contributed by atoms with van der Waals surface area (Å²) in [5.41, 5.74) is 2.00. The second kappa shape index (κ2) is 9.29. The molecule has 2 aromatic heterocycles. The lowest BCUT2D eigenvalue weighted by atomic mass is 10.1. The molecule has 1 amide bonds. The maximum Gasteiger partial charge on any atom is 0.404 e. The van der Waals surface area contributed by atoms with Crippen molar-refractivity contribution in [3.8, 4) is 12.1 Å². The van der Waals surface area contributed by atoms with Gasteiger partial charge in [0.1, 0.15) is 6.07 Å². The van der Waals surface area contributed by atoms with Gasteiger partial charge in [-0.2, -0.15) is 20.0 Å². The smallest absolute Gasteiger partial charge is 0.404 e. The van der Waals surface area contributed by atoms with Gasteiger partial charge in [-0.25, -0.2) is 9.78 Å². The minimum Gasteiger partial charge on any atom is -0.465 e. The van der Waals surface area contributed by atoms with Crippen molar-refractivity contribution in [3.63, 3.8) is 0 Å². The summed E-state index contributed by atoms with van der Waals surface area (Å²) in [7, 11) is 0. The fraction of sp³-hybridized carbons (Fsp3) is 0.333. The number of aromatic nitrogens is 4. The van der Waals surface area contributed by atoms with Gasteiger partial charge in [0.2, 0.25) is 5.95 Å². The number of carboxylic acid groups (broad SMARTS) is 1. The summed E-state index contributed by atoms with van der Waals surface area (Å²) >= 11 is 6.73. The molecule has 0 aliphatic carbocycles. The zero-order valence-electron chi connectivity index (χ0n) is 18.4. The first-order valence-corrected chi connectivity index (χ1v) is 10.9. The quantitative estimate of drug-likeness (QED) is 0.411. The second-order valence-corrected chi connectivity index (χ2v) is 8.21. The Morgan fingerprint density at radius 1 is 1.32 bits per heavy atom. The molecule has 1 fully saturated rings. The SMILES string of the molecule is CCNc1nc(Nc2cc(C#N)cc(N3C[C@@H](C)[C@@H](NC(=O)O)C3)c2Cl)nn2c(C#N)cnc12. The van der Waals surface area contributed by atoms with Crippen LogP contribution in [0.25, 0.3) is 5.65 Å². The highest BCUT2D eigenvalue weighted by atomic mass is 35.5. The maximum absolute atomic E-state index is 11.1. The van der Waals surface area contributed by atoms with Crippen molar-refractivity contribution in [2.24, 2.45) is 5.92 Å². The van der Waals surface area contributed by atoms with E-state index >= 15 is 0 Å². The van der Waals surface area contributed by atoms with Crippen molar-refractivity contribution < 1.29 is 9.90 Å². The third kappa shape index (κ3) is 4.31. The normalized spacial score (nSPS) is 17.3. The number of halogens is 1. The average molecular weight is 481 g/mol. The lowest BCUT2D eigenvalue weighted by Crippen LogP contribution is -2.38. The number of nitriles is 2. The average Bonchev–Trinajstić information content (AvgIpc) is 3.38. The lowest BCUT2D eigenvalue weighted by Gasteiger charge is -2.22. The minimum atomic E-state index is -1.08. The summed E-state index contributed by atoms with van der Waals surface area (Å²) < 4.78 is 1.38. The molecule has 3 aromatic rings. The van der Waals surface area contributed by atoms with E-state index in [0.717, 1.165) is 0 Å². The number of anilines is 4. The summed E-state index contributed by atoms with van der Waals surface area (Å²) in [4.78, 5) is 21.7. The summed E-state index contributed by atoms with van der Waals surface area (Å²) in [5.74, 6) is 0.639. The molecular formula is C21H21ClN10O2. The van der Waals surface area contributed by atoms with Gasteiger partial charge in [-0.15, -0.1) is 5.10 Å². The number of carbonyl (C=O) groups is 1. The number of hydrogen-bond donors (Lipinski definition) is 4. The topological polar surface area (TPSA) is 167 Å². The van der Waals surface area contributed by atoms with Crippen molar-refractivity contribution in [3.05, 3.63) is 34.6 Å². The Morgan fingerprint density at radius 3 is 2.79 bits per heavy atom. The Morgan fingerprint density at radius 2 is 2.12 bits per heavy atom. The van der Waals surface area contributed by atoms with E-state index in [-0.39, 0.29) is 23.6 Å². The summed E-state index contributed by atoms with van der Waals surface area (Å²) in [6, 6.07) is 7.15. The van der Waals surface area contributed by atoms with Gasteiger partial charge in [0, 0.05) is 19.6 Å². The van der Waals surface area contributed by atoms with Crippen molar-refractivity contribution in [2.75, 3.05) is 35.2 Å². The van der Waals surface area contributed by atoms with Crippen LogP contribution in [0, 0.1) is 28.6 Å². The highest BCUT2D eigenvalue weighted by Crippen LogP contribution is 2.38. The Balaban J connectivity index is 1.72. The van der Waals surface area contributed by atoms with Gasteiger partial charge in [-0.05, 0) is 25.0 Å². The van der Waals surface area contributed by atoms with Gasteiger partial charge in [-0.3, -0.25) is 0 Å². The zero-order chi connectivity index (χ0) is 24.4. The van der Waals surface area contributed by atoms with Crippen molar-refractivity contribution in [1.29, 1.82) is 10.5 Å². The Labute approximate surface area is 199 Å². The van der Waals surface area contributed by atoms with Gasteiger partial charge >= 0.3 is 6.09 Å². The van der Waals surface area contributed by atoms with E-state index in [0.29, 0.717) is 53.1 Å². The van der Waals surface area contributed by atoms with Crippen LogP contribution in [0.1, 0.15) is 25.1 Å². The summed E-state index contributed by atoms with van der Waals surface area (Å²) in [6.45, 7) is 5.41. The highest BCUT2D eigenvalue weighted by Gasteiger charge is 2.32. The molecule has 0 unspecified atom stereocenters. The van der Waals surface area contributed by atoms with E-state index in [1.807, 2.05) is 24.8 Å². The van der Waals surface area contributed by atoms with Gasteiger partial charge in [-0.1, -0.05) is 18.5 Å². The number of rotatable bonds is 6. The molecule has 1 aliphatic heterocycles. The van der Waals surface area contributed by atoms with Gasteiger partial charge in [0.25, 0.3) is 0 Å². The number of amides is 1. The molecule has 0 spiro atoms. The predicted molar refractivity (Wildman–Crippen MR) is 125 cm³/mol. The summed E-state index contributed by atoms with van der Waals surface area (Å²) in [6.07, 6.45) is 0.324. The second-order valence-electron chi connectivity index (χ2n) is 7.84. The van der Waals surface area contributed by atoms with Crippen molar-refractivity contribution >= 4 is 46.5 Å². The van der Waals surface area contributed by atoms with Gasteiger partial charge in [0.15, 0.2) is 17.2 Å². The molecule has 12 nitrogen and oxygen atoms in total. The van der Waals surface area contributed by atoms with Crippen LogP contribution < -0.4 is 20.9 Å². The number of fused-ring (bicyclic) bond motifs is 1. The van der Waals surface area contributed by atoms with Crippen LogP contribution >= 0.6 is 11.6 Å². The van der Waals surface area contributed by atoms with E-state index in [4.69, 9.17) is 16.7 Å². The van der Waals surface area contributed by atoms with E-state index < -0.39 is 6.09 Å². The molecule has 174 valence electrons. The summed E-state index contributed by atoms with van der Waals surface area (Å²) in [5, 5.41) is 41.4. The zero-order valence-corrected chi connectivity index (χ0v) is 19.1. The first-order chi connectivity index (χ1) is 16.3. The molecule has 1 aliphatic rings. The lowest BCUT2D eigenvalue weighted by molar-refractivity contribution is 0.188. The van der Waals surface area contributed by atoms with Crippen LogP contribution in [-0.2, 0) is 0 Å². The number of nitrogens with zero attached hydrogens (tertiary/aromatic N) is 7. The van der Waals surface area contributed by atoms with Crippen molar-refractivity contribution in [1.82, 2.24) is 24.9 Å². The van der Waals surface area contributed by atoms with E-state index in [1.54, 1.807) is 12.1 Å². The molecule has 3 heterocycles. The third-order valence-electron chi connectivity index (χ3n) is 5.51.